The predicted molar refractivity (Wildman–Crippen MR) is 148 cm³/mol. The molecule has 4 unspecified atom stereocenters. The molecule has 0 radical (unpaired) electrons. The third kappa shape index (κ3) is 7.25. The highest BCUT2D eigenvalue weighted by Crippen LogP contribution is 2.58. The molecule has 3 saturated carbocycles. The number of aliphatic hydroxyl groups is 2. The molecule has 0 heterocycles. The van der Waals surface area contributed by atoms with Crippen molar-refractivity contribution in [2.45, 2.75) is 97.2 Å². The number of carbonyl (C=O) groups is 1. The number of ketones is 1. The first-order valence-electron chi connectivity index (χ1n) is 13.4. The molecular weight excluding hydrogens is 439 g/mol. The molecule has 2 N–H and O–H groups in total. The minimum Gasteiger partial charge on any atom is -0.393 e. The van der Waals surface area contributed by atoms with Crippen LogP contribution < -0.4 is 0 Å². The maximum absolute atomic E-state index is 12.4. The molecule has 0 amide bonds. The van der Waals surface area contributed by atoms with Crippen LogP contribution in [0.5, 0.6) is 0 Å². The van der Waals surface area contributed by atoms with Gasteiger partial charge in [0.05, 0.1) is 12.2 Å². The lowest BCUT2D eigenvalue weighted by atomic mass is 9.63. The molecule has 0 aromatic carbocycles. The smallest absolute Gasteiger partial charge is 0.161 e. The number of carbonyl (C=O) groups excluding carboxylic acids is 1. The lowest BCUT2D eigenvalue weighted by molar-refractivity contribution is -0.121. The van der Waals surface area contributed by atoms with Crippen LogP contribution in [-0.2, 0) is 4.79 Å². The van der Waals surface area contributed by atoms with Crippen LogP contribution in [0.1, 0.15) is 85.0 Å². The van der Waals surface area contributed by atoms with Crippen LogP contribution in [0.25, 0.3) is 0 Å². The SMILES string of the molecule is C=C1/C(=C\C=C2/CCC[C@]3(C)C(C/C=C/C(=O)[C@H](CC)C(C)O)CCC23)CCCC1O.CPC. The van der Waals surface area contributed by atoms with Gasteiger partial charge in [0.1, 0.15) is 0 Å². The molecule has 34 heavy (non-hydrogen) atoms. The quantitative estimate of drug-likeness (QED) is 0.299. The van der Waals surface area contributed by atoms with E-state index in [1.165, 1.54) is 37.7 Å². The van der Waals surface area contributed by atoms with Gasteiger partial charge in [0.15, 0.2) is 5.78 Å². The summed E-state index contributed by atoms with van der Waals surface area (Å²) in [5.74, 6) is 1.00. The van der Waals surface area contributed by atoms with Crippen LogP contribution in [0.3, 0.4) is 0 Å². The fourth-order valence-corrected chi connectivity index (χ4v) is 6.42. The molecule has 0 spiro atoms. The zero-order valence-electron chi connectivity index (χ0n) is 22.3. The summed E-state index contributed by atoms with van der Waals surface area (Å²) in [6, 6.07) is 0. The van der Waals surface area contributed by atoms with Gasteiger partial charge in [-0.3, -0.25) is 4.79 Å². The summed E-state index contributed by atoms with van der Waals surface area (Å²) in [6.07, 6.45) is 18.0. The van der Waals surface area contributed by atoms with Crippen molar-refractivity contribution in [1.29, 1.82) is 0 Å². The number of hydrogen-bond donors (Lipinski definition) is 2. The number of fused-ring (bicyclic) bond motifs is 1. The van der Waals surface area contributed by atoms with Crippen molar-refractivity contribution in [1.82, 2.24) is 0 Å². The molecule has 0 bridgehead atoms. The van der Waals surface area contributed by atoms with Crippen LogP contribution in [0.15, 0.2) is 47.6 Å². The van der Waals surface area contributed by atoms with E-state index in [2.05, 4.69) is 45.1 Å². The van der Waals surface area contributed by atoms with E-state index in [1.54, 1.807) is 18.6 Å². The van der Waals surface area contributed by atoms with Gasteiger partial charge in [-0.25, -0.2) is 0 Å². The third-order valence-corrected chi connectivity index (χ3v) is 8.49. The molecule has 0 aromatic rings. The Kier molecular flexibility index (Phi) is 11.9. The molecule has 0 aromatic heterocycles. The van der Waals surface area contributed by atoms with Gasteiger partial charge in [-0.1, -0.05) is 44.2 Å². The van der Waals surface area contributed by atoms with Crippen LogP contribution in [0.2, 0.25) is 0 Å². The first-order chi connectivity index (χ1) is 16.2. The number of rotatable bonds is 7. The number of hydrogen-bond acceptors (Lipinski definition) is 3. The Morgan fingerprint density at radius 2 is 1.91 bits per heavy atom. The normalized spacial score (nSPS) is 33.5. The molecule has 3 fully saturated rings. The van der Waals surface area contributed by atoms with Crippen LogP contribution in [-0.4, -0.2) is 41.5 Å². The van der Waals surface area contributed by atoms with Gasteiger partial charge >= 0.3 is 0 Å². The van der Waals surface area contributed by atoms with E-state index in [0.717, 1.165) is 39.8 Å². The summed E-state index contributed by atoms with van der Waals surface area (Å²) in [5.41, 5.74) is 3.99. The van der Waals surface area contributed by atoms with Crippen LogP contribution in [0, 0.1) is 23.2 Å². The molecule has 3 aliphatic rings. The Hall–Kier alpha value is -1.02. The van der Waals surface area contributed by atoms with Gasteiger partial charge in [-0.15, -0.1) is 8.58 Å². The van der Waals surface area contributed by atoms with Crippen molar-refractivity contribution < 1.29 is 15.0 Å². The monoisotopic (exact) mass is 488 g/mol. The summed E-state index contributed by atoms with van der Waals surface area (Å²) in [6.45, 7) is 14.5. The molecule has 3 nitrogen and oxygen atoms in total. The third-order valence-electron chi connectivity index (χ3n) is 8.49. The Labute approximate surface area is 210 Å². The van der Waals surface area contributed by atoms with E-state index in [-0.39, 0.29) is 17.8 Å². The van der Waals surface area contributed by atoms with E-state index in [4.69, 9.17) is 0 Å². The summed E-state index contributed by atoms with van der Waals surface area (Å²) in [4.78, 5) is 12.4. The highest BCUT2D eigenvalue weighted by molar-refractivity contribution is 7.35. The fraction of sp³-hybridized carbons (Fsp3) is 0.700. The van der Waals surface area contributed by atoms with E-state index >= 15 is 0 Å². The van der Waals surface area contributed by atoms with Gasteiger partial charge in [0.2, 0.25) is 0 Å². The van der Waals surface area contributed by atoms with E-state index in [0.29, 0.717) is 23.7 Å². The first kappa shape index (κ1) is 29.2. The maximum atomic E-state index is 12.4. The number of aliphatic hydroxyl groups excluding tert-OH is 2. The zero-order chi connectivity index (χ0) is 25.3. The van der Waals surface area contributed by atoms with Crippen molar-refractivity contribution in [2.75, 3.05) is 13.3 Å². The Morgan fingerprint density at radius 3 is 2.56 bits per heavy atom. The Bertz CT molecular complexity index is 778. The lowest BCUT2D eigenvalue weighted by Crippen LogP contribution is -2.33. The number of allylic oxidation sites excluding steroid dienone is 5. The van der Waals surface area contributed by atoms with Gasteiger partial charge in [-0.05, 0) is 119 Å². The second-order valence-electron chi connectivity index (χ2n) is 10.8. The fourth-order valence-electron chi connectivity index (χ4n) is 6.42. The van der Waals surface area contributed by atoms with Crippen molar-refractivity contribution in [3.63, 3.8) is 0 Å². The van der Waals surface area contributed by atoms with Gasteiger partial charge in [-0.2, -0.15) is 0 Å². The van der Waals surface area contributed by atoms with Crippen molar-refractivity contribution in [2.24, 2.45) is 23.2 Å². The van der Waals surface area contributed by atoms with Crippen molar-refractivity contribution in [3.05, 3.63) is 47.6 Å². The van der Waals surface area contributed by atoms with Gasteiger partial charge < -0.3 is 10.2 Å². The van der Waals surface area contributed by atoms with Crippen molar-refractivity contribution >= 4 is 14.4 Å². The minimum atomic E-state index is -0.586. The van der Waals surface area contributed by atoms with Gasteiger partial charge in [0, 0.05) is 5.92 Å². The van der Waals surface area contributed by atoms with E-state index in [1.807, 2.05) is 6.92 Å². The lowest BCUT2D eigenvalue weighted by Gasteiger charge is -2.42. The first-order valence-corrected chi connectivity index (χ1v) is 15.4. The maximum Gasteiger partial charge on any atom is 0.161 e. The van der Waals surface area contributed by atoms with E-state index in [9.17, 15) is 15.0 Å². The largest absolute Gasteiger partial charge is 0.393 e. The second-order valence-corrected chi connectivity index (χ2v) is 11.8. The topological polar surface area (TPSA) is 57.5 Å². The average Bonchev–Trinajstić information content (AvgIpc) is 3.12. The summed E-state index contributed by atoms with van der Waals surface area (Å²) >= 11 is 0. The average molecular weight is 489 g/mol. The minimum absolute atomic E-state index is 0.0583. The van der Waals surface area contributed by atoms with Gasteiger partial charge in [0.25, 0.3) is 0 Å². The highest BCUT2D eigenvalue weighted by atomic mass is 31.1. The second kappa shape index (κ2) is 13.9. The highest BCUT2D eigenvalue weighted by Gasteiger charge is 2.48. The molecule has 4 heteroatoms. The molecule has 3 aliphatic carbocycles. The molecule has 0 aliphatic heterocycles. The molecule has 3 rings (SSSR count). The predicted octanol–water partition coefficient (Wildman–Crippen LogP) is 7.00. The molecule has 192 valence electrons. The van der Waals surface area contributed by atoms with E-state index < -0.39 is 6.10 Å². The Morgan fingerprint density at radius 1 is 1.21 bits per heavy atom. The Balaban J connectivity index is 0.00000129. The molecule has 0 saturated heterocycles. The molecular formula is C30H49O3P. The zero-order valence-corrected chi connectivity index (χ0v) is 23.3. The van der Waals surface area contributed by atoms with Crippen molar-refractivity contribution in [3.8, 4) is 0 Å². The van der Waals surface area contributed by atoms with Crippen LogP contribution in [0.4, 0.5) is 0 Å². The standard InChI is InChI=1S/C28H42O3.C2H7P/c1-5-24(20(3)29)27(31)13-7-11-23-16-17-25-22(10-8-18-28(23,25)4)15-14-21-9-6-12-26(30)19(21)2;1-3-2/h7,13-15,20,23-26,29-30H,2,5-6,8-12,16-18H2,1,3-4H3;3H,1-2H3/b13-7+,21-14-,22-15+;/t20?,23?,24-,25?,26?,28-;/m1./s1. The summed E-state index contributed by atoms with van der Waals surface area (Å²) < 4.78 is 0. The van der Waals surface area contributed by atoms with Crippen LogP contribution >= 0.6 is 8.58 Å². The summed E-state index contributed by atoms with van der Waals surface area (Å²) in [5, 5.41) is 19.9. The summed E-state index contributed by atoms with van der Waals surface area (Å²) in [7, 11) is 1.08. The molecule has 6 atom stereocenters.